The average molecular weight is 331 g/mol. The quantitative estimate of drug-likeness (QED) is 0.902. The fraction of sp³-hybridized carbons (Fsp3) is 0.500. The third kappa shape index (κ3) is 3.96. The second-order valence-electron chi connectivity index (χ2n) is 5.08. The first-order valence-corrected chi connectivity index (χ1v) is 8.98. The summed E-state index contributed by atoms with van der Waals surface area (Å²) in [6, 6.07) is 6.13. The van der Waals surface area contributed by atoms with Crippen molar-refractivity contribution in [3.05, 3.63) is 29.3 Å². The van der Waals surface area contributed by atoms with Crippen LogP contribution in [0.5, 0.6) is 0 Å². The molecule has 7 heteroatoms. The third-order valence-electron chi connectivity index (χ3n) is 3.44. The Morgan fingerprint density at radius 3 is 2.67 bits per heavy atom. The van der Waals surface area contributed by atoms with Crippen LogP contribution in [0.4, 0.5) is 5.69 Å². The van der Waals surface area contributed by atoms with Crippen molar-refractivity contribution >= 4 is 33.2 Å². The van der Waals surface area contributed by atoms with Gasteiger partial charge in [-0.25, -0.2) is 8.42 Å². The Hall–Kier alpha value is -1.11. The molecule has 1 fully saturated rings. The van der Waals surface area contributed by atoms with Gasteiger partial charge < -0.3 is 5.32 Å². The van der Waals surface area contributed by atoms with E-state index in [4.69, 9.17) is 11.6 Å². The van der Waals surface area contributed by atoms with Gasteiger partial charge in [-0.1, -0.05) is 18.5 Å². The number of halogens is 1. The Morgan fingerprint density at radius 2 is 2.05 bits per heavy atom. The molecule has 1 N–H and O–H groups in total. The lowest BCUT2D eigenvalue weighted by Crippen LogP contribution is -2.44. The molecule has 1 aromatic rings. The molecule has 5 nitrogen and oxygen atoms in total. The zero-order chi connectivity index (χ0) is 15.5. The molecule has 1 aromatic carbocycles. The van der Waals surface area contributed by atoms with Crippen LogP contribution in [0.15, 0.2) is 24.3 Å². The number of carbonyl (C=O) groups excluding carboxylic acids is 1. The first-order chi connectivity index (χ1) is 9.94. The van der Waals surface area contributed by atoms with E-state index in [1.807, 2.05) is 6.92 Å². The van der Waals surface area contributed by atoms with Crippen molar-refractivity contribution in [3.8, 4) is 0 Å². The number of nitrogens with one attached hydrogen (secondary N) is 1. The molecule has 2 rings (SSSR count). The Labute approximate surface area is 130 Å². The number of hydrogen-bond acceptors (Lipinski definition) is 3. The minimum atomic E-state index is -3.35. The van der Waals surface area contributed by atoms with Gasteiger partial charge in [-0.15, -0.1) is 0 Å². The Balaban J connectivity index is 2.09. The normalized spacial score (nSPS) is 19.6. The highest BCUT2D eigenvalue weighted by molar-refractivity contribution is 7.89. The minimum Gasteiger partial charge on any atom is -0.325 e. The molecule has 0 aliphatic carbocycles. The lowest BCUT2D eigenvalue weighted by Gasteiger charge is -2.23. The molecule has 0 aromatic heterocycles. The van der Waals surface area contributed by atoms with Gasteiger partial charge in [0.1, 0.15) is 6.04 Å². The largest absolute Gasteiger partial charge is 0.325 e. The van der Waals surface area contributed by atoms with Crippen LogP contribution in [-0.2, 0) is 14.8 Å². The van der Waals surface area contributed by atoms with Crippen molar-refractivity contribution in [1.29, 1.82) is 0 Å². The third-order valence-corrected chi connectivity index (χ3v) is 5.77. The summed E-state index contributed by atoms with van der Waals surface area (Å²) in [6.07, 6.45) is 1.81. The minimum absolute atomic E-state index is 0.0811. The van der Waals surface area contributed by atoms with E-state index in [2.05, 4.69) is 5.32 Å². The molecule has 0 radical (unpaired) electrons. The summed E-state index contributed by atoms with van der Waals surface area (Å²) in [5.74, 6) is -0.202. The van der Waals surface area contributed by atoms with Crippen molar-refractivity contribution in [2.24, 2.45) is 0 Å². The van der Waals surface area contributed by atoms with Gasteiger partial charge in [0, 0.05) is 17.3 Å². The predicted molar refractivity (Wildman–Crippen MR) is 83.9 cm³/mol. The van der Waals surface area contributed by atoms with E-state index in [1.54, 1.807) is 24.3 Å². The molecule has 0 spiro atoms. The fourth-order valence-electron chi connectivity index (χ4n) is 2.47. The molecule has 116 valence electrons. The Bertz CT molecular complexity index is 601. The van der Waals surface area contributed by atoms with E-state index in [0.717, 1.165) is 0 Å². The van der Waals surface area contributed by atoms with E-state index in [1.165, 1.54) is 4.31 Å². The van der Waals surface area contributed by atoms with E-state index in [9.17, 15) is 13.2 Å². The van der Waals surface area contributed by atoms with Crippen LogP contribution < -0.4 is 5.32 Å². The van der Waals surface area contributed by atoms with Crippen LogP contribution in [0.2, 0.25) is 5.02 Å². The molecule has 1 amide bonds. The monoisotopic (exact) mass is 330 g/mol. The van der Waals surface area contributed by atoms with E-state index in [0.29, 0.717) is 36.5 Å². The summed E-state index contributed by atoms with van der Waals surface area (Å²) in [7, 11) is -3.35. The topological polar surface area (TPSA) is 66.5 Å². The van der Waals surface area contributed by atoms with Crippen LogP contribution in [0.1, 0.15) is 26.2 Å². The van der Waals surface area contributed by atoms with Crippen LogP contribution in [0, 0.1) is 0 Å². The molecule has 0 bridgehead atoms. The van der Waals surface area contributed by atoms with Gasteiger partial charge in [0.2, 0.25) is 15.9 Å². The van der Waals surface area contributed by atoms with E-state index >= 15 is 0 Å². The Kier molecular flexibility index (Phi) is 5.24. The van der Waals surface area contributed by atoms with Gasteiger partial charge in [0.25, 0.3) is 0 Å². The zero-order valence-electron chi connectivity index (χ0n) is 11.9. The summed E-state index contributed by atoms with van der Waals surface area (Å²) < 4.78 is 25.7. The maximum atomic E-state index is 12.3. The number of benzene rings is 1. The lowest BCUT2D eigenvalue weighted by molar-refractivity contribution is -0.119. The van der Waals surface area contributed by atoms with Crippen LogP contribution in [-0.4, -0.2) is 37.0 Å². The van der Waals surface area contributed by atoms with Crippen LogP contribution in [0.3, 0.4) is 0 Å². The summed E-state index contributed by atoms with van der Waals surface area (Å²) >= 11 is 5.79. The lowest BCUT2D eigenvalue weighted by atomic mass is 10.2. The van der Waals surface area contributed by atoms with Gasteiger partial charge in [0.15, 0.2) is 0 Å². The molecule has 0 saturated carbocycles. The second kappa shape index (κ2) is 6.77. The second-order valence-corrected chi connectivity index (χ2v) is 7.56. The molecule has 21 heavy (non-hydrogen) atoms. The number of sulfonamides is 1. The van der Waals surface area contributed by atoms with Gasteiger partial charge in [-0.3, -0.25) is 4.79 Å². The standard InChI is InChI=1S/C14H19ClN2O3S/c1-2-10-21(19,20)17-9-3-4-13(17)14(18)16-12-7-5-11(15)6-8-12/h5-8,13H,2-4,9-10H2,1H3,(H,16,18)/t13-/m1/s1. The molecule has 1 atom stereocenters. The summed E-state index contributed by atoms with van der Waals surface area (Å²) in [5, 5.41) is 3.34. The first-order valence-electron chi connectivity index (χ1n) is 7.00. The molecular formula is C14H19ClN2O3S. The van der Waals surface area contributed by atoms with Crippen LogP contribution >= 0.6 is 11.6 Å². The number of rotatable bonds is 5. The molecular weight excluding hydrogens is 312 g/mol. The van der Waals surface area contributed by atoms with E-state index < -0.39 is 16.1 Å². The highest BCUT2D eigenvalue weighted by Gasteiger charge is 2.37. The summed E-state index contributed by atoms with van der Waals surface area (Å²) in [6.45, 7) is 2.23. The summed E-state index contributed by atoms with van der Waals surface area (Å²) in [4.78, 5) is 12.3. The van der Waals surface area contributed by atoms with E-state index in [-0.39, 0.29) is 11.7 Å². The van der Waals surface area contributed by atoms with Crippen molar-refractivity contribution in [2.45, 2.75) is 32.2 Å². The number of nitrogens with zero attached hydrogens (tertiary/aromatic N) is 1. The van der Waals surface area contributed by atoms with Crippen LogP contribution in [0.25, 0.3) is 0 Å². The highest BCUT2D eigenvalue weighted by atomic mass is 35.5. The molecule has 1 aliphatic heterocycles. The van der Waals surface area contributed by atoms with Gasteiger partial charge >= 0.3 is 0 Å². The molecule has 1 aliphatic rings. The van der Waals surface area contributed by atoms with Crippen molar-refractivity contribution < 1.29 is 13.2 Å². The fourth-order valence-corrected chi connectivity index (χ4v) is 4.34. The van der Waals surface area contributed by atoms with Crippen molar-refractivity contribution in [2.75, 3.05) is 17.6 Å². The molecule has 0 unspecified atom stereocenters. The SMILES string of the molecule is CCCS(=O)(=O)N1CCC[C@@H]1C(=O)Nc1ccc(Cl)cc1. The first kappa shape index (κ1) is 16.3. The predicted octanol–water partition coefficient (Wildman–Crippen LogP) is 2.48. The average Bonchev–Trinajstić information content (AvgIpc) is 2.91. The Morgan fingerprint density at radius 1 is 1.38 bits per heavy atom. The van der Waals surface area contributed by atoms with Crippen molar-refractivity contribution in [3.63, 3.8) is 0 Å². The maximum absolute atomic E-state index is 12.3. The number of carbonyl (C=O) groups is 1. The van der Waals surface area contributed by atoms with Crippen molar-refractivity contribution in [1.82, 2.24) is 4.31 Å². The van der Waals surface area contributed by atoms with Gasteiger partial charge in [0.05, 0.1) is 5.75 Å². The summed E-state index contributed by atoms with van der Waals surface area (Å²) in [5.41, 5.74) is 0.615. The number of amides is 1. The smallest absolute Gasteiger partial charge is 0.242 e. The highest BCUT2D eigenvalue weighted by Crippen LogP contribution is 2.23. The molecule has 1 heterocycles. The van der Waals surface area contributed by atoms with Gasteiger partial charge in [-0.05, 0) is 43.5 Å². The van der Waals surface area contributed by atoms with Gasteiger partial charge in [-0.2, -0.15) is 4.31 Å². The zero-order valence-corrected chi connectivity index (χ0v) is 13.5. The maximum Gasteiger partial charge on any atom is 0.242 e. The molecule has 1 saturated heterocycles. The number of anilines is 1. The number of hydrogen-bond donors (Lipinski definition) is 1.